The van der Waals surface area contributed by atoms with Gasteiger partial charge in [-0.2, -0.15) is 0 Å². The highest BCUT2D eigenvalue weighted by Gasteiger charge is 2.27. The fraction of sp³-hybridized carbons (Fsp3) is 0.600. The summed E-state index contributed by atoms with van der Waals surface area (Å²) in [6, 6.07) is 1.43. The van der Waals surface area contributed by atoms with Crippen LogP contribution in [0, 0.1) is 10.1 Å². The van der Waals surface area contributed by atoms with Gasteiger partial charge < -0.3 is 10.0 Å². The monoisotopic (exact) mass is 290 g/mol. The first-order valence-corrected chi connectivity index (χ1v) is 7.85. The SMILES string of the molecule is CC(O)c1cc([N+](=O)[O-])c(N2CCS(=O)CC2)s1. The molecule has 1 aromatic rings. The van der Waals surface area contributed by atoms with Crippen LogP contribution in [0.25, 0.3) is 0 Å². The van der Waals surface area contributed by atoms with Crippen LogP contribution in [0.2, 0.25) is 0 Å². The van der Waals surface area contributed by atoms with Crippen LogP contribution in [0.3, 0.4) is 0 Å². The van der Waals surface area contributed by atoms with Gasteiger partial charge in [0.1, 0.15) is 0 Å². The van der Waals surface area contributed by atoms with Crippen molar-refractivity contribution in [3.8, 4) is 0 Å². The van der Waals surface area contributed by atoms with Gasteiger partial charge in [0.15, 0.2) is 5.00 Å². The Morgan fingerprint density at radius 1 is 1.56 bits per heavy atom. The van der Waals surface area contributed by atoms with Crippen LogP contribution in [0.4, 0.5) is 10.7 Å². The van der Waals surface area contributed by atoms with Gasteiger partial charge in [0, 0.05) is 46.3 Å². The topological polar surface area (TPSA) is 83.7 Å². The van der Waals surface area contributed by atoms with Crippen LogP contribution in [0.1, 0.15) is 17.9 Å². The minimum absolute atomic E-state index is 0.0311. The van der Waals surface area contributed by atoms with E-state index in [1.807, 2.05) is 4.90 Å². The maximum absolute atomic E-state index is 11.3. The van der Waals surface area contributed by atoms with E-state index >= 15 is 0 Å². The Morgan fingerprint density at radius 2 is 2.17 bits per heavy atom. The number of hydrogen-bond acceptors (Lipinski definition) is 6. The molecule has 1 aliphatic rings. The van der Waals surface area contributed by atoms with Gasteiger partial charge in [-0.15, -0.1) is 11.3 Å². The molecule has 2 heterocycles. The molecule has 1 atom stereocenters. The number of hydrogen-bond donors (Lipinski definition) is 1. The minimum Gasteiger partial charge on any atom is -0.388 e. The third kappa shape index (κ3) is 2.70. The summed E-state index contributed by atoms with van der Waals surface area (Å²) in [7, 11) is -0.810. The van der Waals surface area contributed by atoms with E-state index in [0.717, 1.165) is 0 Å². The van der Waals surface area contributed by atoms with E-state index in [1.165, 1.54) is 17.4 Å². The molecular formula is C10H14N2O4S2. The number of thiophene rings is 1. The molecule has 0 bridgehead atoms. The lowest BCUT2D eigenvalue weighted by atomic mass is 10.3. The summed E-state index contributed by atoms with van der Waals surface area (Å²) in [5.41, 5.74) is 0.0311. The molecule has 18 heavy (non-hydrogen) atoms. The highest BCUT2D eigenvalue weighted by molar-refractivity contribution is 7.85. The van der Waals surface area contributed by atoms with Crippen molar-refractivity contribution in [3.63, 3.8) is 0 Å². The van der Waals surface area contributed by atoms with Crippen molar-refractivity contribution in [2.45, 2.75) is 13.0 Å². The molecule has 1 fully saturated rings. The summed E-state index contributed by atoms with van der Waals surface area (Å²) in [5, 5.41) is 21.1. The molecule has 1 aliphatic heterocycles. The summed E-state index contributed by atoms with van der Waals surface area (Å²) < 4.78 is 11.3. The maximum Gasteiger partial charge on any atom is 0.304 e. The molecule has 0 amide bonds. The Morgan fingerprint density at radius 3 is 2.67 bits per heavy atom. The second kappa shape index (κ2) is 5.33. The average Bonchev–Trinajstić information content (AvgIpc) is 2.75. The zero-order valence-electron chi connectivity index (χ0n) is 9.87. The molecule has 0 spiro atoms. The largest absolute Gasteiger partial charge is 0.388 e. The van der Waals surface area contributed by atoms with Gasteiger partial charge in [0.25, 0.3) is 0 Å². The summed E-state index contributed by atoms with van der Waals surface area (Å²) >= 11 is 1.24. The molecule has 1 saturated heterocycles. The molecule has 1 aromatic heterocycles. The highest BCUT2D eigenvalue weighted by Crippen LogP contribution is 2.40. The molecule has 8 heteroatoms. The van der Waals surface area contributed by atoms with Crippen LogP contribution >= 0.6 is 11.3 Å². The van der Waals surface area contributed by atoms with E-state index in [0.29, 0.717) is 34.5 Å². The Labute approximate surface area is 111 Å². The fourth-order valence-electron chi connectivity index (χ4n) is 1.79. The van der Waals surface area contributed by atoms with Crippen LogP contribution in [0.15, 0.2) is 6.07 Å². The number of anilines is 1. The van der Waals surface area contributed by atoms with E-state index < -0.39 is 21.8 Å². The lowest BCUT2D eigenvalue weighted by molar-refractivity contribution is -0.383. The van der Waals surface area contributed by atoms with Crippen molar-refractivity contribution in [2.75, 3.05) is 29.5 Å². The Hall–Kier alpha value is -0.990. The zero-order chi connectivity index (χ0) is 13.3. The molecule has 0 aromatic carbocycles. The predicted molar refractivity (Wildman–Crippen MR) is 71.7 cm³/mol. The first-order valence-electron chi connectivity index (χ1n) is 5.55. The van der Waals surface area contributed by atoms with Crippen molar-refractivity contribution in [3.05, 3.63) is 21.1 Å². The average molecular weight is 290 g/mol. The predicted octanol–water partition coefficient (Wildman–Crippen LogP) is 1.28. The zero-order valence-corrected chi connectivity index (χ0v) is 11.5. The Balaban J connectivity index is 2.30. The van der Waals surface area contributed by atoms with E-state index in [2.05, 4.69) is 0 Å². The molecular weight excluding hydrogens is 276 g/mol. The molecule has 6 nitrogen and oxygen atoms in total. The lowest BCUT2D eigenvalue weighted by Crippen LogP contribution is -2.37. The van der Waals surface area contributed by atoms with Gasteiger partial charge in [-0.05, 0) is 6.92 Å². The third-order valence-electron chi connectivity index (χ3n) is 2.79. The minimum atomic E-state index is -0.810. The second-order valence-electron chi connectivity index (χ2n) is 4.11. The Bertz CT molecular complexity index is 476. The first-order chi connectivity index (χ1) is 8.49. The van der Waals surface area contributed by atoms with Gasteiger partial charge in [-0.25, -0.2) is 0 Å². The van der Waals surface area contributed by atoms with E-state index in [9.17, 15) is 19.4 Å². The summed E-state index contributed by atoms with van der Waals surface area (Å²) in [5.74, 6) is 1.08. The molecule has 2 rings (SSSR count). The van der Waals surface area contributed by atoms with Gasteiger partial charge in [0.05, 0.1) is 11.0 Å². The fourth-order valence-corrected chi connectivity index (χ4v) is 3.96. The molecule has 0 saturated carbocycles. The third-order valence-corrected chi connectivity index (χ3v) is 5.42. The lowest BCUT2D eigenvalue weighted by Gasteiger charge is -2.26. The van der Waals surface area contributed by atoms with E-state index in [4.69, 9.17) is 0 Å². The number of aliphatic hydroxyl groups is 1. The van der Waals surface area contributed by atoms with Crippen LogP contribution in [0.5, 0.6) is 0 Å². The maximum atomic E-state index is 11.3. The van der Waals surface area contributed by atoms with E-state index in [-0.39, 0.29) is 5.69 Å². The second-order valence-corrected chi connectivity index (χ2v) is 6.87. The summed E-state index contributed by atoms with van der Waals surface area (Å²) in [4.78, 5) is 13.1. The number of nitro groups is 1. The van der Waals surface area contributed by atoms with Gasteiger partial charge in [-0.1, -0.05) is 0 Å². The normalized spacial score (nSPS) is 18.9. The van der Waals surface area contributed by atoms with Gasteiger partial charge in [0.2, 0.25) is 0 Å². The Kier molecular flexibility index (Phi) is 3.98. The van der Waals surface area contributed by atoms with E-state index in [1.54, 1.807) is 6.92 Å². The van der Waals surface area contributed by atoms with Crippen molar-refractivity contribution in [1.82, 2.24) is 0 Å². The molecule has 0 radical (unpaired) electrons. The number of nitrogens with zero attached hydrogens (tertiary/aromatic N) is 2. The van der Waals surface area contributed by atoms with Crippen molar-refractivity contribution in [2.24, 2.45) is 0 Å². The highest BCUT2D eigenvalue weighted by atomic mass is 32.2. The van der Waals surface area contributed by atoms with Crippen molar-refractivity contribution in [1.29, 1.82) is 0 Å². The standard InChI is InChI=1S/C10H14N2O4S2/c1-7(13)9-6-8(12(14)15)10(17-9)11-2-4-18(16)5-3-11/h6-7,13H,2-5H2,1H3. The number of aliphatic hydroxyl groups excluding tert-OH is 1. The quantitative estimate of drug-likeness (QED) is 0.669. The number of rotatable bonds is 3. The van der Waals surface area contributed by atoms with Gasteiger partial charge in [-0.3, -0.25) is 14.3 Å². The summed E-state index contributed by atoms with van der Waals surface area (Å²) in [6.45, 7) is 2.71. The van der Waals surface area contributed by atoms with Crippen LogP contribution in [-0.4, -0.2) is 38.8 Å². The first kappa shape index (κ1) is 13.4. The smallest absolute Gasteiger partial charge is 0.304 e. The molecule has 0 aliphatic carbocycles. The van der Waals surface area contributed by atoms with Crippen LogP contribution < -0.4 is 4.90 Å². The molecule has 100 valence electrons. The van der Waals surface area contributed by atoms with Crippen LogP contribution in [-0.2, 0) is 10.8 Å². The van der Waals surface area contributed by atoms with Gasteiger partial charge >= 0.3 is 5.69 Å². The molecule has 1 N–H and O–H groups in total. The summed E-state index contributed by atoms with van der Waals surface area (Å²) in [6.07, 6.45) is -0.707. The molecule has 1 unspecified atom stereocenters. The van der Waals surface area contributed by atoms with Crippen molar-refractivity contribution < 1.29 is 14.2 Å². The van der Waals surface area contributed by atoms with Crippen molar-refractivity contribution >= 4 is 32.8 Å².